The molecular formula is C14H15N3O3. The quantitative estimate of drug-likeness (QED) is 0.907. The Bertz CT molecular complexity index is 686. The highest BCUT2D eigenvalue weighted by molar-refractivity contribution is 5.84. The van der Waals surface area contributed by atoms with Crippen LogP contribution in [0.25, 0.3) is 10.9 Å². The van der Waals surface area contributed by atoms with Crippen LogP contribution in [0.15, 0.2) is 24.3 Å². The molecule has 6 heteroatoms. The van der Waals surface area contributed by atoms with Crippen LogP contribution >= 0.6 is 0 Å². The topological polar surface area (TPSA) is 75.4 Å². The summed E-state index contributed by atoms with van der Waals surface area (Å²) in [5.41, 5.74) is 1.71. The third-order valence-electron chi connectivity index (χ3n) is 3.69. The summed E-state index contributed by atoms with van der Waals surface area (Å²) in [7, 11) is 0. The van der Waals surface area contributed by atoms with E-state index >= 15 is 0 Å². The molecule has 1 N–H and O–H groups in total. The van der Waals surface area contributed by atoms with Crippen molar-refractivity contribution in [2.24, 2.45) is 0 Å². The summed E-state index contributed by atoms with van der Waals surface area (Å²) in [6.45, 7) is 2.72. The number of aliphatic carboxylic acids is 1. The summed E-state index contributed by atoms with van der Waals surface area (Å²) in [6.07, 6.45) is 0. The Kier molecular flexibility index (Phi) is 2.93. The molecule has 1 aromatic heterocycles. The molecule has 6 nitrogen and oxygen atoms in total. The van der Waals surface area contributed by atoms with E-state index in [9.17, 15) is 9.59 Å². The van der Waals surface area contributed by atoms with Crippen LogP contribution < -0.4 is 0 Å². The van der Waals surface area contributed by atoms with E-state index < -0.39 is 5.97 Å². The summed E-state index contributed by atoms with van der Waals surface area (Å²) < 4.78 is 1.52. The molecule has 20 heavy (non-hydrogen) atoms. The smallest absolute Gasteiger partial charge is 0.325 e. The largest absolute Gasteiger partial charge is 0.480 e. The number of aromatic nitrogens is 2. The van der Waals surface area contributed by atoms with Crippen molar-refractivity contribution in [3.63, 3.8) is 0 Å². The molecule has 1 saturated heterocycles. The summed E-state index contributed by atoms with van der Waals surface area (Å²) in [5, 5.41) is 14.4. The Balaban J connectivity index is 1.95. The first-order chi connectivity index (χ1) is 9.56. The highest BCUT2D eigenvalue weighted by Gasteiger charge is 2.33. The first-order valence-electron chi connectivity index (χ1n) is 6.49. The molecule has 1 amide bonds. The van der Waals surface area contributed by atoms with Gasteiger partial charge in [0.05, 0.1) is 11.2 Å². The second-order valence-electron chi connectivity index (χ2n) is 5.07. The fourth-order valence-corrected chi connectivity index (χ4v) is 2.61. The minimum absolute atomic E-state index is 0.0653. The van der Waals surface area contributed by atoms with Crippen molar-refractivity contribution in [2.75, 3.05) is 13.1 Å². The van der Waals surface area contributed by atoms with Crippen LogP contribution in [0.4, 0.5) is 0 Å². The fraction of sp³-hybridized carbons (Fsp3) is 0.357. The number of fused-ring (bicyclic) bond motifs is 1. The number of rotatable bonds is 3. The molecule has 0 bridgehead atoms. The van der Waals surface area contributed by atoms with Crippen molar-refractivity contribution in [1.82, 2.24) is 14.7 Å². The van der Waals surface area contributed by atoms with E-state index in [-0.39, 0.29) is 18.4 Å². The van der Waals surface area contributed by atoms with Crippen LogP contribution in [-0.4, -0.2) is 44.8 Å². The number of carboxylic acid groups (broad SMARTS) is 1. The Morgan fingerprint density at radius 1 is 1.35 bits per heavy atom. The van der Waals surface area contributed by atoms with E-state index in [0.717, 1.165) is 16.6 Å². The number of hydrogen-bond donors (Lipinski definition) is 1. The van der Waals surface area contributed by atoms with Gasteiger partial charge >= 0.3 is 5.97 Å². The molecule has 1 aliphatic rings. The third kappa shape index (κ3) is 2.03. The number of benzene rings is 1. The molecule has 0 aliphatic carbocycles. The summed E-state index contributed by atoms with van der Waals surface area (Å²) in [4.78, 5) is 23.9. The van der Waals surface area contributed by atoms with Crippen LogP contribution in [0.5, 0.6) is 0 Å². The number of nitrogens with zero attached hydrogens (tertiary/aromatic N) is 3. The van der Waals surface area contributed by atoms with E-state index in [4.69, 9.17) is 5.11 Å². The zero-order chi connectivity index (χ0) is 14.3. The number of carboxylic acids is 1. The van der Waals surface area contributed by atoms with Crippen molar-refractivity contribution in [3.8, 4) is 0 Å². The predicted molar refractivity (Wildman–Crippen MR) is 72.4 cm³/mol. The Hall–Kier alpha value is -2.37. The van der Waals surface area contributed by atoms with Crippen LogP contribution in [0, 0.1) is 0 Å². The molecule has 0 unspecified atom stereocenters. The zero-order valence-electron chi connectivity index (χ0n) is 11.1. The number of likely N-dealkylation sites (tertiary alicyclic amines) is 1. The van der Waals surface area contributed by atoms with Crippen LogP contribution in [0.3, 0.4) is 0 Å². The number of hydrogen-bond acceptors (Lipinski definition) is 3. The monoisotopic (exact) mass is 273 g/mol. The number of amides is 1. The molecule has 104 valence electrons. The lowest BCUT2D eigenvalue weighted by Gasteiger charge is -2.37. The molecule has 2 aromatic rings. The Morgan fingerprint density at radius 3 is 2.70 bits per heavy atom. The molecule has 0 radical (unpaired) electrons. The van der Waals surface area contributed by atoms with E-state index in [0.29, 0.717) is 13.1 Å². The van der Waals surface area contributed by atoms with E-state index in [2.05, 4.69) is 5.10 Å². The number of para-hydroxylation sites is 1. The summed E-state index contributed by atoms with van der Waals surface area (Å²) in [6, 6.07) is 7.61. The molecule has 0 spiro atoms. The molecule has 0 atom stereocenters. The second kappa shape index (κ2) is 4.63. The maximum atomic E-state index is 11.2. The lowest BCUT2D eigenvalue weighted by molar-refractivity contribution is -0.137. The van der Waals surface area contributed by atoms with Crippen molar-refractivity contribution >= 4 is 22.8 Å². The van der Waals surface area contributed by atoms with Gasteiger partial charge in [-0.3, -0.25) is 14.3 Å². The number of carbonyl (C=O) groups is 2. The average molecular weight is 273 g/mol. The lowest BCUT2D eigenvalue weighted by atomic mass is 9.94. The van der Waals surface area contributed by atoms with Gasteiger partial charge in [0.2, 0.25) is 5.91 Å². The fourth-order valence-electron chi connectivity index (χ4n) is 2.61. The van der Waals surface area contributed by atoms with Crippen LogP contribution in [0.2, 0.25) is 0 Å². The van der Waals surface area contributed by atoms with E-state index in [1.807, 2.05) is 24.3 Å². The van der Waals surface area contributed by atoms with Crippen molar-refractivity contribution < 1.29 is 14.7 Å². The molecule has 0 saturated carbocycles. The van der Waals surface area contributed by atoms with Crippen molar-refractivity contribution in [3.05, 3.63) is 30.0 Å². The van der Waals surface area contributed by atoms with Crippen molar-refractivity contribution in [2.45, 2.75) is 19.4 Å². The normalized spacial score (nSPS) is 15.3. The molecule has 2 heterocycles. The molecular weight excluding hydrogens is 258 g/mol. The summed E-state index contributed by atoms with van der Waals surface area (Å²) in [5.74, 6) is -0.654. The third-order valence-corrected chi connectivity index (χ3v) is 3.69. The Morgan fingerprint density at radius 2 is 2.05 bits per heavy atom. The molecule has 1 fully saturated rings. The zero-order valence-corrected chi connectivity index (χ0v) is 11.1. The SMILES string of the molecule is CC(=O)N1CC(c2nn(CC(=O)O)c3ccccc23)C1. The molecule has 1 aliphatic heterocycles. The highest BCUT2D eigenvalue weighted by Crippen LogP contribution is 2.31. The lowest BCUT2D eigenvalue weighted by Crippen LogP contribution is -2.47. The molecule has 1 aromatic carbocycles. The minimum Gasteiger partial charge on any atom is -0.480 e. The van der Waals surface area contributed by atoms with Gasteiger partial charge in [0.25, 0.3) is 0 Å². The maximum Gasteiger partial charge on any atom is 0.325 e. The van der Waals surface area contributed by atoms with Crippen LogP contribution in [0.1, 0.15) is 18.5 Å². The van der Waals surface area contributed by atoms with E-state index in [1.165, 1.54) is 4.68 Å². The van der Waals surface area contributed by atoms with Crippen molar-refractivity contribution in [1.29, 1.82) is 0 Å². The van der Waals surface area contributed by atoms with Gasteiger partial charge in [0.1, 0.15) is 6.54 Å². The Labute approximate surface area is 115 Å². The first kappa shape index (κ1) is 12.7. The predicted octanol–water partition coefficient (Wildman–Crippen LogP) is 1.07. The van der Waals surface area contributed by atoms with Gasteiger partial charge in [-0.2, -0.15) is 5.10 Å². The van der Waals surface area contributed by atoms with Gasteiger partial charge in [-0.1, -0.05) is 18.2 Å². The standard InChI is InChI=1S/C14H15N3O3/c1-9(18)16-6-10(7-16)14-11-4-2-3-5-12(11)17(15-14)8-13(19)20/h2-5,10H,6-8H2,1H3,(H,19,20). The highest BCUT2D eigenvalue weighted by atomic mass is 16.4. The second-order valence-corrected chi connectivity index (χ2v) is 5.07. The molecule has 3 rings (SSSR count). The summed E-state index contributed by atoms with van der Waals surface area (Å²) >= 11 is 0. The van der Waals surface area contributed by atoms with Gasteiger partial charge in [-0.25, -0.2) is 0 Å². The minimum atomic E-state index is -0.913. The van der Waals surface area contributed by atoms with Gasteiger partial charge in [-0.15, -0.1) is 0 Å². The maximum absolute atomic E-state index is 11.2. The average Bonchev–Trinajstić information content (AvgIpc) is 2.66. The van der Waals surface area contributed by atoms with Gasteiger partial charge in [0.15, 0.2) is 0 Å². The first-order valence-corrected chi connectivity index (χ1v) is 6.49. The van der Waals surface area contributed by atoms with Gasteiger partial charge in [-0.05, 0) is 6.07 Å². The van der Waals surface area contributed by atoms with Gasteiger partial charge < -0.3 is 10.0 Å². The van der Waals surface area contributed by atoms with Gasteiger partial charge in [0, 0.05) is 31.3 Å². The number of carbonyl (C=O) groups excluding carboxylic acids is 1. The van der Waals surface area contributed by atoms with E-state index in [1.54, 1.807) is 11.8 Å². The van der Waals surface area contributed by atoms with Crippen LogP contribution in [-0.2, 0) is 16.1 Å².